The summed E-state index contributed by atoms with van der Waals surface area (Å²) in [4.78, 5) is 16.8. The zero-order valence-electron chi connectivity index (χ0n) is 14.9. The number of hydrogen-bond donors (Lipinski definition) is 2. The largest absolute Gasteiger partial charge is 0.319 e. The molecule has 132 valence electrons. The Morgan fingerprint density at radius 3 is 2.38 bits per heavy atom. The molecule has 0 saturated carbocycles. The van der Waals surface area contributed by atoms with E-state index in [4.69, 9.17) is 11.5 Å². The lowest BCUT2D eigenvalue weighted by Crippen LogP contribution is -2.39. The fourth-order valence-electron chi connectivity index (χ4n) is 2.52. The maximum Gasteiger partial charge on any atom is 0.0884 e. The Bertz CT molecular complexity index is 1000. The van der Waals surface area contributed by atoms with Gasteiger partial charge in [0.2, 0.25) is 0 Å². The SMILES string of the molecule is CC1(N)C=CN=c2cccnc2=C1.CC1(N)C=NC=c2cccnc2=C1. The van der Waals surface area contributed by atoms with E-state index in [0.29, 0.717) is 0 Å². The number of nitrogens with two attached hydrogens (primary N) is 2. The number of pyridine rings is 2. The van der Waals surface area contributed by atoms with E-state index in [9.17, 15) is 0 Å². The van der Waals surface area contributed by atoms with Crippen LogP contribution < -0.4 is 32.7 Å². The van der Waals surface area contributed by atoms with Crippen LogP contribution in [0, 0.1) is 0 Å². The van der Waals surface area contributed by atoms with Crippen molar-refractivity contribution < 1.29 is 0 Å². The first-order valence-electron chi connectivity index (χ1n) is 8.30. The first-order chi connectivity index (χ1) is 12.3. The minimum absolute atomic E-state index is 0.455. The molecule has 4 rings (SSSR count). The fraction of sp³-hybridized carbons (Fsp3) is 0.200. The first kappa shape index (κ1) is 17.8. The highest BCUT2D eigenvalue weighted by atomic mass is 14.8. The van der Waals surface area contributed by atoms with Gasteiger partial charge in [-0.05, 0) is 56.3 Å². The highest BCUT2D eigenvalue weighted by Gasteiger charge is 2.12. The third-order valence-corrected chi connectivity index (χ3v) is 3.80. The van der Waals surface area contributed by atoms with E-state index in [0.717, 1.165) is 21.3 Å². The predicted octanol–water partition coefficient (Wildman–Crippen LogP) is -0.872. The van der Waals surface area contributed by atoms with E-state index >= 15 is 0 Å². The Balaban J connectivity index is 0.000000151. The van der Waals surface area contributed by atoms with Gasteiger partial charge in [-0.3, -0.25) is 20.0 Å². The number of hydrogen-bond acceptors (Lipinski definition) is 6. The van der Waals surface area contributed by atoms with Crippen molar-refractivity contribution in [2.45, 2.75) is 24.9 Å². The average molecular weight is 346 g/mol. The zero-order valence-corrected chi connectivity index (χ0v) is 14.9. The third kappa shape index (κ3) is 4.56. The second-order valence-electron chi connectivity index (χ2n) is 6.76. The Hall–Kier alpha value is -2.96. The maximum absolute atomic E-state index is 5.95. The normalized spacial score (nSPS) is 25.4. The molecule has 4 N–H and O–H groups in total. The molecular formula is C20H22N6. The van der Waals surface area contributed by atoms with Gasteiger partial charge in [0.25, 0.3) is 0 Å². The molecule has 6 heteroatoms. The molecule has 0 amide bonds. The van der Waals surface area contributed by atoms with Crippen molar-refractivity contribution in [3.05, 3.63) is 70.2 Å². The number of fused-ring (bicyclic) bond motifs is 2. The second kappa shape index (κ2) is 7.11. The molecule has 4 heterocycles. The van der Waals surface area contributed by atoms with Gasteiger partial charge in [-0.2, -0.15) is 0 Å². The Morgan fingerprint density at radius 2 is 1.58 bits per heavy atom. The highest BCUT2D eigenvalue weighted by Crippen LogP contribution is 2.03. The molecule has 0 bridgehead atoms. The van der Waals surface area contributed by atoms with Crippen LogP contribution in [0.3, 0.4) is 0 Å². The molecule has 2 aliphatic heterocycles. The lowest BCUT2D eigenvalue weighted by atomic mass is 10.0. The monoisotopic (exact) mass is 346 g/mol. The molecule has 0 aliphatic carbocycles. The molecular weight excluding hydrogens is 324 g/mol. The van der Waals surface area contributed by atoms with Crippen LogP contribution in [-0.2, 0) is 0 Å². The van der Waals surface area contributed by atoms with Crippen molar-refractivity contribution >= 4 is 24.6 Å². The van der Waals surface area contributed by atoms with Gasteiger partial charge in [0, 0.05) is 36.2 Å². The summed E-state index contributed by atoms with van der Waals surface area (Å²) in [5.74, 6) is 0. The molecule has 2 aliphatic rings. The summed E-state index contributed by atoms with van der Waals surface area (Å²) in [6.07, 6.45) is 14.4. The van der Waals surface area contributed by atoms with Crippen LogP contribution in [0.1, 0.15) is 13.8 Å². The smallest absolute Gasteiger partial charge is 0.0884 e. The van der Waals surface area contributed by atoms with Crippen LogP contribution in [-0.4, -0.2) is 27.3 Å². The Labute approximate surface area is 151 Å². The second-order valence-corrected chi connectivity index (χ2v) is 6.76. The lowest BCUT2D eigenvalue weighted by molar-refractivity contribution is 0.774. The number of aliphatic imine (C=N–C) groups is 1. The molecule has 2 aromatic rings. The minimum Gasteiger partial charge on any atom is -0.319 e. The van der Waals surface area contributed by atoms with Crippen molar-refractivity contribution in [1.29, 1.82) is 0 Å². The summed E-state index contributed by atoms with van der Waals surface area (Å²) in [7, 11) is 0. The molecule has 2 atom stereocenters. The van der Waals surface area contributed by atoms with Gasteiger partial charge in [-0.1, -0.05) is 0 Å². The van der Waals surface area contributed by atoms with E-state index in [2.05, 4.69) is 20.0 Å². The summed E-state index contributed by atoms with van der Waals surface area (Å²) in [5, 5.41) is 3.61. The van der Waals surface area contributed by atoms with Gasteiger partial charge < -0.3 is 11.5 Å². The molecule has 0 aromatic carbocycles. The molecule has 2 aromatic heterocycles. The Kier molecular flexibility index (Phi) is 4.88. The molecule has 0 saturated heterocycles. The van der Waals surface area contributed by atoms with Gasteiger partial charge in [-0.15, -0.1) is 0 Å². The van der Waals surface area contributed by atoms with Gasteiger partial charge in [0.05, 0.1) is 27.1 Å². The van der Waals surface area contributed by atoms with E-state index in [1.54, 1.807) is 31.0 Å². The average Bonchev–Trinajstić information content (AvgIpc) is 2.83. The van der Waals surface area contributed by atoms with Crippen molar-refractivity contribution in [2.24, 2.45) is 21.5 Å². The molecule has 0 spiro atoms. The lowest BCUT2D eigenvalue weighted by Gasteiger charge is -2.12. The highest BCUT2D eigenvalue weighted by molar-refractivity contribution is 5.81. The number of nitrogens with zero attached hydrogens (tertiary/aromatic N) is 4. The van der Waals surface area contributed by atoms with E-state index in [-0.39, 0.29) is 0 Å². The van der Waals surface area contributed by atoms with E-state index < -0.39 is 11.1 Å². The van der Waals surface area contributed by atoms with Crippen molar-refractivity contribution in [2.75, 3.05) is 0 Å². The van der Waals surface area contributed by atoms with Crippen molar-refractivity contribution in [3.8, 4) is 0 Å². The molecule has 2 unspecified atom stereocenters. The van der Waals surface area contributed by atoms with Crippen LogP contribution >= 0.6 is 0 Å². The molecule has 6 nitrogen and oxygen atoms in total. The standard InChI is InChI=1S/2C10H11N3/c1-10(11)4-6-13-8-3-2-5-12-9(8)7-10;1-10(11)5-9-8(6-12-7-10)3-2-4-13-9/h2*2-7H,11H2,1H3. The van der Waals surface area contributed by atoms with Gasteiger partial charge in [0.1, 0.15) is 0 Å². The quantitative estimate of drug-likeness (QED) is 0.647. The molecule has 0 fully saturated rings. The van der Waals surface area contributed by atoms with Crippen LogP contribution in [0.15, 0.2) is 58.9 Å². The first-order valence-corrected chi connectivity index (χ1v) is 8.30. The Morgan fingerprint density at radius 1 is 0.885 bits per heavy atom. The number of aromatic nitrogens is 2. The summed E-state index contributed by atoms with van der Waals surface area (Å²) in [6, 6.07) is 7.64. The van der Waals surface area contributed by atoms with Gasteiger partial charge in [0.15, 0.2) is 0 Å². The van der Waals surface area contributed by atoms with Crippen LogP contribution in [0.2, 0.25) is 0 Å². The van der Waals surface area contributed by atoms with E-state index in [1.165, 1.54) is 0 Å². The topological polar surface area (TPSA) is 103 Å². The van der Waals surface area contributed by atoms with Gasteiger partial charge >= 0.3 is 0 Å². The number of rotatable bonds is 0. The molecule has 26 heavy (non-hydrogen) atoms. The summed E-state index contributed by atoms with van der Waals surface area (Å²) in [6.45, 7) is 3.82. The van der Waals surface area contributed by atoms with Crippen molar-refractivity contribution in [1.82, 2.24) is 9.97 Å². The fourth-order valence-corrected chi connectivity index (χ4v) is 2.52. The van der Waals surface area contributed by atoms with Gasteiger partial charge in [-0.25, -0.2) is 0 Å². The van der Waals surface area contributed by atoms with Crippen LogP contribution in [0.4, 0.5) is 0 Å². The summed E-state index contributed by atoms with van der Waals surface area (Å²) >= 11 is 0. The summed E-state index contributed by atoms with van der Waals surface area (Å²) in [5.41, 5.74) is 10.9. The maximum atomic E-state index is 5.95. The van der Waals surface area contributed by atoms with E-state index in [1.807, 2.05) is 56.3 Å². The van der Waals surface area contributed by atoms with Crippen LogP contribution in [0.25, 0.3) is 18.4 Å². The molecule has 0 radical (unpaired) electrons. The zero-order chi connectivity index (χ0) is 18.6. The minimum atomic E-state index is -0.504. The predicted molar refractivity (Wildman–Crippen MR) is 105 cm³/mol. The van der Waals surface area contributed by atoms with Crippen molar-refractivity contribution in [3.63, 3.8) is 0 Å². The van der Waals surface area contributed by atoms with Crippen LogP contribution in [0.5, 0.6) is 0 Å². The summed E-state index contributed by atoms with van der Waals surface area (Å²) < 4.78 is 0. The third-order valence-electron chi connectivity index (χ3n) is 3.80.